The Bertz CT molecular complexity index is 738. The smallest absolute Gasteiger partial charge is 0.238 e. The van der Waals surface area contributed by atoms with E-state index in [2.05, 4.69) is 13.8 Å². The molecular weight excluding hydrogens is 288 g/mol. The molecule has 2 aromatic rings. The fourth-order valence-corrected chi connectivity index (χ4v) is 2.36. The van der Waals surface area contributed by atoms with Gasteiger partial charge in [0.2, 0.25) is 10.0 Å². The number of hydrogen-bond acceptors (Lipinski definition) is 4. The lowest BCUT2D eigenvalue weighted by Crippen LogP contribution is -2.12. The quantitative estimate of drug-likeness (QED) is 0.849. The van der Waals surface area contributed by atoms with Crippen LogP contribution in [0.5, 0.6) is 11.5 Å². The Morgan fingerprint density at radius 3 is 2.19 bits per heavy atom. The van der Waals surface area contributed by atoms with E-state index in [-0.39, 0.29) is 10.6 Å². The van der Waals surface area contributed by atoms with Crippen molar-refractivity contribution >= 4 is 15.7 Å². The van der Waals surface area contributed by atoms with Gasteiger partial charge in [-0.3, -0.25) is 0 Å². The van der Waals surface area contributed by atoms with Crippen molar-refractivity contribution in [2.24, 2.45) is 5.14 Å². The van der Waals surface area contributed by atoms with Gasteiger partial charge in [0.05, 0.1) is 10.6 Å². The molecule has 6 heteroatoms. The van der Waals surface area contributed by atoms with Gasteiger partial charge in [-0.2, -0.15) is 0 Å². The lowest BCUT2D eigenvalue weighted by Gasteiger charge is -2.11. The summed E-state index contributed by atoms with van der Waals surface area (Å²) in [5.41, 5.74) is 7.33. The second kappa shape index (κ2) is 5.75. The van der Waals surface area contributed by atoms with Crippen molar-refractivity contribution in [2.75, 3.05) is 5.73 Å². The summed E-state index contributed by atoms with van der Waals surface area (Å²) in [6.07, 6.45) is 0. The molecule has 0 amide bonds. The van der Waals surface area contributed by atoms with E-state index < -0.39 is 10.0 Å². The normalized spacial score (nSPS) is 11.6. The molecule has 0 aliphatic rings. The van der Waals surface area contributed by atoms with Gasteiger partial charge in [-0.15, -0.1) is 0 Å². The zero-order valence-electron chi connectivity index (χ0n) is 11.9. The van der Waals surface area contributed by atoms with Gasteiger partial charge in [0.15, 0.2) is 5.75 Å². The van der Waals surface area contributed by atoms with Gasteiger partial charge in [0.25, 0.3) is 0 Å². The maximum absolute atomic E-state index is 11.3. The number of nitrogen functional groups attached to an aromatic ring is 1. The third kappa shape index (κ3) is 3.74. The van der Waals surface area contributed by atoms with Gasteiger partial charge in [-0.1, -0.05) is 26.0 Å². The highest BCUT2D eigenvalue weighted by Gasteiger charge is 2.12. The first-order valence-corrected chi connectivity index (χ1v) is 8.02. The van der Waals surface area contributed by atoms with Crippen molar-refractivity contribution < 1.29 is 13.2 Å². The largest absolute Gasteiger partial charge is 0.455 e. The number of sulfonamides is 1. The lowest BCUT2D eigenvalue weighted by atomic mass is 10.0. The standard InChI is InChI=1S/C15H18N2O3S/c1-10(2)11-3-5-12(6-4-11)20-15-9-13(21(17,18)19)7-8-14(15)16/h3-10H,16H2,1-2H3,(H2,17,18,19). The summed E-state index contributed by atoms with van der Waals surface area (Å²) < 4.78 is 28.3. The molecule has 0 unspecified atom stereocenters. The molecule has 0 bridgehead atoms. The molecule has 0 saturated heterocycles. The van der Waals surface area contributed by atoms with Crippen LogP contribution < -0.4 is 15.6 Å². The Balaban J connectivity index is 2.30. The Labute approximate surface area is 124 Å². The van der Waals surface area contributed by atoms with Crippen LogP contribution in [0, 0.1) is 0 Å². The van der Waals surface area contributed by atoms with Gasteiger partial charge in [0, 0.05) is 6.07 Å². The third-order valence-corrected chi connectivity index (χ3v) is 4.00. The van der Waals surface area contributed by atoms with Crippen molar-refractivity contribution in [2.45, 2.75) is 24.7 Å². The molecule has 2 rings (SSSR count). The molecule has 0 fully saturated rings. The molecule has 0 aromatic heterocycles. The van der Waals surface area contributed by atoms with Crippen molar-refractivity contribution in [1.82, 2.24) is 0 Å². The van der Waals surface area contributed by atoms with E-state index in [1.807, 2.05) is 24.3 Å². The molecule has 0 radical (unpaired) electrons. The topological polar surface area (TPSA) is 95.4 Å². The predicted molar refractivity (Wildman–Crippen MR) is 82.8 cm³/mol. The van der Waals surface area contributed by atoms with Gasteiger partial charge in [-0.05, 0) is 35.7 Å². The molecule has 2 aromatic carbocycles. The van der Waals surface area contributed by atoms with Crippen LogP contribution >= 0.6 is 0 Å². The number of anilines is 1. The van der Waals surface area contributed by atoms with Gasteiger partial charge in [0.1, 0.15) is 5.75 Å². The van der Waals surface area contributed by atoms with Crippen molar-refractivity contribution in [1.29, 1.82) is 0 Å². The summed E-state index contributed by atoms with van der Waals surface area (Å²) in [6, 6.07) is 11.7. The van der Waals surface area contributed by atoms with Gasteiger partial charge < -0.3 is 10.5 Å². The van der Waals surface area contributed by atoms with Crippen LogP contribution in [0.3, 0.4) is 0 Å². The van der Waals surface area contributed by atoms with Crippen LogP contribution in [0.4, 0.5) is 5.69 Å². The van der Waals surface area contributed by atoms with E-state index in [4.69, 9.17) is 15.6 Å². The average molecular weight is 306 g/mol. The molecule has 4 N–H and O–H groups in total. The van der Waals surface area contributed by atoms with Crippen LogP contribution in [0.25, 0.3) is 0 Å². The number of ether oxygens (including phenoxy) is 1. The molecule has 0 spiro atoms. The highest BCUT2D eigenvalue weighted by molar-refractivity contribution is 7.89. The molecule has 0 heterocycles. The predicted octanol–water partition coefficient (Wildman–Crippen LogP) is 2.83. The van der Waals surface area contributed by atoms with Gasteiger partial charge in [-0.25, -0.2) is 13.6 Å². The number of rotatable bonds is 4. The SMILES string of the molecule is CC(C)c1ccc(Oc2cc(S(N)(=O)=O)ccc2N)cc1. The van der Waals surface area contributed by atoms with E-state index in [0.29, 0.717) is 17.4 Å². The number of benzene rings is 2. The Hall–Kier alpha value is -2.05. The highest BCUT2D eigenvalue weighted by Crippen LogP contribution is 2.30. The monoisotopic (exact) mass is 306 g/mol. The average Bonchev–Trinajstić information content (AvgIpc) is 2.40. The fourth-order valence-electron chi connectivity index (χ4n) is 1.83. The van der Waals surface area contributed by atoms with Crippen LogP contribution in [0.1, 0.15) is 25.3 Å². The van der Waals surface area contributed by atoms with Crippen molar-refractivity contribution in [3.05, 3.63) is 48.0 Å². The number of primary sulfonamides is 1. The Morgan fingerprint density at radius 2 is 1.67 bits per heavy atom. The maximum atomic E-state index is 11.3. The molecule has 0 atom stereocenters. The molecule has 0 saturated carbocycles. The lowest BCUT2D eigenvalue weighted by molar-refractivity contribution is 0.483. The minimum Gasteiger partial charge on any atom is -0.455 e. The Morgan fingerprint density at radius 1 is 1.05 bits per heavy atom. The molecular formula is C15H18N2O3S. The van der Waals surface area contributed by atoms with E-state index in [0.717, 1.165) is 0 Å². The summed E-state index contributed by atoms with van der Waals surface area (Å²) in [5.74, 6) is 1.27. The zero-order valence-corrected chi connectivity index (χ0v) is 12.7. The van der Waals surface area contributed by atoms with E-state index in [9.17, 15) is 8.42 Å². The highest BCUT2D eigenvalue weighted by atomic mass is 32.2. The number of nitrogens with two attached hydrogens (primary N) is 2. The first-order valence-electron chi connectivity index (χ1n) is 6.47. The van der Waals surface area contributed by atoms with Crippen LogP contribution in [-0.2, 0) is 10.0 Å². The molecule has 0 aliphatic heterocycles. The first kappa shape index (κ1) is 15.3. The summed E-state index contributed by atoms with van der Waals surface area (Å²) in [5, 5.41) is 5.10. The Kier molecular flexibility index (Phi) is 4.20. The summed E-state index contributed by atoms with van der Waals surface area (Å²) >= 11 is 0. The molecule has 5 nitrogen and oxygen atoms in total. The van der Waals surface area contributed by atoms with E-state index >= 15 is 0 Å². The van der Waals surface area contributed by atoms with Crippen molar-refractivity contribution in [3.8, 4) is 11.5 Å². The van der Waals surface area contributed by atoms with Gasteiger partial charge >= 0.3 is 0 Å². The summed E-state index contributed by atoms with van der Waals surface area (Å²) in [4.78, 5) is -0.0366. The maximum Gasteiger partial charge on any atom is 0.238 e. The van der Waals surface area contributed by atoms with Crippen LogP contribution in [0.15, 0.2) is 47.4 Å². The third-order valence-electron chi connectivity index (χ3n) is 3.09. The minimum absolute atomic E-state index is 0.0366. The molecule has 0 aliphatic carbocycles. The molecule has 112 valence electrons. The van der Waals surface area contributed by atoms with E-state index in [1.54, 1.807) is 0 Å². The second-order valence-corrected chi connectivity index (χ2v) is 6.63. The summed E-state index contributed by atoms with van der Waals surface area (Å²) in [6.45, 7) is 4.20. The minimum atomic E-state index is -3.79. The fraction of sp³-hybridized carbons (Fsp3) is 0.200. The van der Waals surface area contributed by atoms with Crippen LogP contribution in [0.2, 0.25) is 0 Å². The van der Waals surface area contributed by atoms with Crippen molar-refractivity contribution in [3.63, 3.8) is 0 Å². The number of hydrogen-bond donors (Lipinski definition) is 2. The zero-order chi connectivity index (χ0) is 15.6. The first-order chi connectivity index (χ1) is 9.77. The van der Waals surface area contributed by atoms with E-state index in [1.165, 1.54) is 23.8 Å². The molecule has 21 heavy (non-hydrogen) atoms. The summed E-state index contributed by atoms with van der Waals surface area (Å²) in [7, 11) is -3.79. The second-order valence-electron chi connectivity index (χ2n) is 5.07. The van der Waals surface area contributed by atoms with Crippen LogP contribution in [-0.4, -0.2) is 8.42 Å².